The molecule has 4 N–H and O–H groups in total. The van der Waals surface area contributed by atoms with Crippen LogP contribution in [0.3, 0.4) is 0 Å². The van der Waals surface area contributed by atoms with Crippen LogP contribution in [0.25, 0.3) is 0 Å². The average Bonchev–Trinajstić information content (AvgIpc) is 2.43. The molecule has 0 fully saturated rings. The number of nitro benzene ring substituents is 1. The minimum Gasteiger partial charge on any atom is -0.351 e. The van der Waals surface area contributed by atoms with Gasteiger partial charge >= 0.3 is 0 Å². The van der Waals surface area contributed by atoms with Gasteiger partial charge in [-0.25, -0.2) is 0 Å². The maximum absolute atomic E-state index is 12.0. The van der Waals surface area contributed by atoms with Crippen LogP contribution in [0.15, 0.2) is 18.2 Å². The Bertz CT molecular complexity index is 481. The molecule has 0 aliphatic carbocycles. The molecule has 0 spiro atoms. The summed E-state index contributed by atoms with van der Waals surface area (Å²) in [5.74, 6) is 4.75. The lowest BCUT2D eigenvalue weighted by atomic mass is 10.1. The lowest BCUT2D eigenvalue weighted by molar-refractivity contribution is -0.385. The highest BCUT2D eigenvalue weighted by molar-refractivity contribution is 7.99. The van der Waals surface area contributed by atoms with Crippen molar-refractivity contribution in [1.29, 1.82) is 0 Å². The van der Waals surface area contributed by atoms with Crippen molar-refractivity contribution >= 4 is 29.0 Å². The van der Waals surface area contributed by atoms with E-state index in [-0.39, 0.29) is 16.5 Å². The van der Waals surface area contributed by atoms with E-state index in [9.17, 15) is 14.9 Å². The van der Waals surface area contributed by atoms with Gasteiger partial charge in [0.25, 0.3) is 11.6 Å². The molecule has 0 aromatic heterocycles. The monoisotopic (exact) mass is 284 g/mol. The molecule has 1 aromatic rings. The molecule has 0 saturated carbocycles. The van der Waals surface area contributed by atoms with Crippen molar-refractivity contribution in [3.63, 3.8) is 0 Å². The normalized spacial score (nSPS) is 11.7. The highest BCUT2D eigenvalue weighted by Gasteiger charge is 2.20. The molecule has 0 aliphatic heterocycles. The van der Waals surface area contributed by atoms with E-state index in [1.165, 1.54) is 18.2 Å². The third-order valence-electron chi connectivity index (χ3n) is 2.56. The van der Waals surface area contributed by atoms with Crippen molar-refractivity contribution in [2.45, 2.75) is 12.2 Å². The van der Waals surface area contributed by atoms with Crippen LogP contribution in [-0.4, -0.2) is 28.9 Å². The third kappa shape index (κ3) is 4.11. The quantitative estimate of drug-likeness (QED) is 0.413. The van der Waals surface area contributed by atoms with E-state index in [0.717, 1.165) is 0 Å². The third-order valence-corrected chi connectivity index (χ3v) is 3.53. The van der Waals surface area contributed by atoms with E-state index in [2.05, 4.69) is 10.7 Å². The predicted octanol–water partition coefficient (Wildman–Crippen LogP) is 1.36. The summed E-state index contributed by atoms with van der Waals surface area (Å²) in [5.41, 5.74) is 2.55. The number of benzene rings is 1. The maximum atomic E-state index is 12.0. The number of nitrogen functional groups attached to an aromatic ring is 1. The van der Waals surface area contributed by atoms with Gasteiger partial charge in [-0.15, -0.1) is 0 Å². The highest BCUT2D eigenvalue weighted by atomic mass is 32.2. The Kier molecular flexibility index (Phi) is 5.58. The van der Waals surface area contributed by atoms with E-state index in [1.807, 2.05) is 13.2 Å². The second kappa shape index (κ2) is 6.95. The molecule has 1 atom stereocenters. The number of carbonyl (C=O) groups is 1. The van der Waals surface area contributed by atoms with Crippen LogP contribution in [0.1, 0.15) is 17.3 Å². The summed E-state index contributed by atoms with van der Waals surface area (Å²) in [7, 11) is 0. The van der Waals surface area contributed by atoms with Gasteiger partial charge in [-0.3, -0.25) is 20.8 Å². The number of hydrogen-bond acceptors (Lipinski definition) is 6. The van der Waals surface area contributed by atoms with Crippen molar-refractivity contribution in [2.24, 2.45) is 5.84 Å². The van der Waals surface area contributed by atoms with Crippen LogP contribution in [0.2, 0.25) is 0 Å². The summed E-state index contributed by atoms with van der Waals surface area (Å²) in [6, 6.07) is 4.05. The number of anilines is 1. The summed E-state index contributed by atoms with van der Waals surface area (Å²) in [6.45, 7) is 2.40. The van der Waals surface area contributed by atoms with E-state index in [4.69, 9.17) is 5.84 Å². The second-order valence-electron chi connectivity index (χ2n) is 3.89. The summed E-state index contributed by atoms with van der Waals surface area (Å²) in [4.78, 5) is 22.3. The average molecular weight is 284 g/mol. The molecule has 19 heavy (non-hydrogen) atoms. The second-order valence-corrected chi connectivity index (χ2v) is 5.17. The number of nitrogens with zero attached hydrogens (tertiary/aromatic N) is 1. The standard InChI is InChI=1S/C11H16N4O3S/c1-7(19-2)6-13-11(16)9-5-8(14-12)3-4-10(9)15(17)18/h3-5,7,14H,6,12H2,1-2H3,(H,13,16). The number of nitro groups is 1. The van der Waals surface area contributed by atoms with Gasteiger partial charge in [0.05, 0.1) is 4.92 Å². The minimum absolute atomic E-state index is 0.00578. The Morgan fingerprint density at radius 3 is 2.79 bits per heavy atom. The first-order valence-corrected chi connectivity index (χ1v) is 6.84. The number of rotatable bonds is 6. The van der Waals surface area contributed by atoms with Gasteiger partial charge in [0, 0.05) is 23.5 Å². The lowest BCUT2D eigenvalue weighted by Crippen LogP contribution is -2.30. The van der Waals surface area contributed by atoms with Crippen LogP contribution < -0.4 is 16.6 Å². The fourth-order valence-electron chi connectivity index (χ4n) is 1.38. The van der Waals surface area contributed by atoms with Gasteiger partial charge < -0.3 is 10.7 Å². The summed E-state index contributed by atoms with van der Waals surface area (Å²) in [5, 5.41) is 13.8. The highest BCUT2D eigenvalue weighted by Crippen LogP contribution is 2.22. The van der Waals surface area contributed by atoms with Gasteiger partial charge in [-0.2, -0.15) is 11.8 Å². The van der Waals surface area contributed by atoms with Crippen LogP contribution in [0.5, 0.6) is 0 Å². The van der Waals surface area contributed by atoms with Crippen LogP contribution in [0, 0.1) is 10.1 Å². The molecule has 8 heteroatoms. The van der Waals surface area contributed by atoms with Gasteiger partial charge in [0.1, 0.15) is 5.56 Å². The van der Waals surface area contributed by atoms with E-state index >= 15 is 0 Å². The number of hydrogen-bond donors (Lipinski definition) is 3. The van der Waals surface area contributed by atoms with E-state index in [0.29, 0.717) is 12.2 Å². The van der Waals surface area contributed by atoms with Crippen LogP contribution >= 0.6 is 11.8 Å². The zero-order valence-electron chi connectivity index (χ0n) is 10.7. The van der Waals surface area contributed by atoms with Crippen LogP contribution in [-0.2, 0) is 0 Å². The largest absolute Gasteiger partial charge is 0.351 e. The van der Waals surface area contributed by atoms with E-state index < -0.39 is 10.8 Å². The van der Waals surface area contributed by atoms with Gasteiger partial charge in [-0.1, -0.05) is 6.92 Å². The van der Waals surface area contributed by atoms with Gasteiger partial charge in [0.15, 0.2) is 0 Å². The Morgan fingerprint density at radius 2 is 2.26 bits per heavy atom. The van der Waals surface area contributed by atoms with Gasteiger partial charge in [0.2, 0.25) is 0 Å². The summed E-state index contributed by atoms with van der Waals surface area (Å²) in [6.07, 6.45) is 1.93. The molecular weight excluding hydrogens is 268 g/mol. The molecule has 0 aliphatic rings. The van der Waals surface area contributed by atoms with Crippen molar-refractivity contribution < 1.29 is 9.72 Å². The zero-order chi connectivity index (χ0) is 14.4. The molecule has 0 heterocycles. The van der Waals surface area contributed by atoms with Gasteiger partial charge in [-0.05, 0) is 18.4 Å². The molecule has 1 amide bonds. The summed E-state index contributed by atoms with van der Waals surface area (Å²) >= 11 is 1.60. The summed E-state index contributed by atoms with van der Waals surface area (Å²) < 4.78 is 0. The number of nitrogens with two attached hydrogens (primary N) is 1. The Balaban J connectivity index is 2.95. The Morgan fingerprint density at radius 1 is 1.58 bits per heavy atom. The SMILES string of the molecule is CSC(C)CNC(=O)c1cc(NN)ccc1[N+](=O)[O-]. The zero-order valence-corrected chi connectivity index (χ0v) is 11.5. The topological polar surface area (TPSA) is 110 Å². The Hall–Kier alpha value is -1.80. The molecule has 104 valence electrons. The van der Waals surface area contributed by atoms with Crippen molar-refractivity contribution in [3.8, 4) is 0 Å². The fourth-order valence-corrected chi connectivity index (χ4v) is 1.63. The molecule has 7 nitrogen and oxygen atoms in total. The first kappa shape index (κ1) is 15.3. The molecular formula is C11H16N4O3S. The fraction of sp³-hybridized carbons (Fsp3) is 0.364. The molecule has 1 aromatic carbocycles. The number of hydrazine groups is 1. The van der Waals surface area contributed by atoms with Crippen LogP contribution in [0.4, 0.5) is 11.4 Å². The number of thioether (sulfide) groups is 1. The van der Waals surface area contributed by atoms with Crippen molar-refractivity contribution in [3.05, 3.63) is 33.9 Å². The number of carbonyl (C=O) groups excluding carboxylic acids is 1. The van der Waals surface area contributed by atoms with E-state index in [1.54, 1.807) is 11.8 Å². The smallest absolute Gasteiger partial charge is 0.282 e. The molecule has 1 unspecified atom stereocenters. The predicted molar refractivity (Wildman–Crippen MR) is 76.2 cm³/mol. The lowest BCUT2D eigenvalue weighted by Gasteiger charge is -2.10. The molecule has 0 radical (unpaired) electrons. The number of amides is 1. The molecule has 1 rings (SSSR count). The minimum atomic E-state index is -0.590. The maximum Gasteiger partial charge on any atom is 0.282 e. The molecule has 0 bridgehead atoms. The van der Waals surface area contributed by atoms with Crippen molar-refractivity contribution in [1.82, 2.24) is 5.32 Å². The molecule has 0 saturated heterocycles. The first-order chi connectivity index (χ1) is 8.99. The first-order valence-electron chi connectivity index (χ1n) is 5.55. The Labute approximate surface area is 115 Å². The van der Waals surface area contributed by atoms with Crippen molar-refractivity contribution in [2.75, 3.05) is 18.2 Å². The number of nitrogens with one attached hydrogen (secondary N) is 2.